The van der Waals surface area contributed by atoms with Gasteiger partial charge in [-0.2, -0.15) is 11.8 Å². The lowest BCUT2D eigenvalue weighted by Gasteiger charge is -2.23. The predicted octanol–water partition coefficient (Wildman–Crippen LogP) is 2.31. The molecule has 0 N–H and O–H groups in total. The van der Waals surface area contributed by atoms with Crippen molar-refractivity contribution in [3.63, 3.8) is 0 Å². The summed E-state index contributed by atoms with van der Waals surface area (Å²) in [5.41, 5.74) is 0. The number of hydrogen-bond donors (Lipinski definition) is 0. The lowest BCUT2D eigenvalue weighted by molar-refractivity contribution is 0.353. The molecule has 0 unspecified atom stereocenters. The first kappa shape index (κ1) is 5.49. The Balaban J connectivity index is 1.93. The van der Waals surface area contributed by atoms with Crippen molar-refractivity contribution in [1.82, 2.24) is 0 Å². The van der Waals surface area contributed by atoms with Gasteiger partial charge >= 0.3 is 0 Å². The second kappa shape index (κ2) is 2.61. The van der Waals surface area contributed by atoms with Crippen molar-refractivity contribution in [3.05, 3.63) is 6.26 Å². The summed E-state index contributed by atoms with van der Waals surface area (Å²) in [7, 11) is 0. The van der Waals surface area contributed by atoms with Crippen molar-refractivity contribution in [2.24, 2.45) is 5.92 Å². The Morgan fingerprint density at radius 2 is 2.29 bits per heavy atom. The Morgan fingerprint density at radius 1 is 1.57 bits per heavy atom. The number of hydrogen-bond acceptors (Lipinski definition) is 1. The number of thioether (sulfide) groups is 1. The molecule has 0 saturated heterocycles. The van der Waals surface area contributed by atoms with Crippen LogP contribution in [0.15, 0.2) is 0 Å². The second-order valence-corrected chi connectivity index (χ2v) is 2.91. The molecule has 0 aromatic rings. The van der Waals surface area contributed by atoms with E-state index in [9.17, 15) is 0 Å². The van der Waals surface area contributed by atoms with Crippen molar-refractivity contribution in [2.45, 2.75) is 19.3 Å². The molecule has 1 rings (SSSR count). The van der Waals surface area contributed by atoms with Gasteiger partial charge in [-0.1, -0.05) is 6.42 Å². The van der Waals surface area contributed by atoms with E-state index in [0.717, 1.165) is 5.92 Å². The van der Waals surface area contributed by atoms with Crippen LogP contribution in [0.4, 0.5) is 0 Å². The van der Waals surface area contributed by atoms with Crippen LogP contribution in [0.1, 0.15) is 19.3 Å². The fourth-order valence-electron chi connectivity index (χ4n) is 0.826. The minimum absolute atomic E-state index is 1.03. The van der Waals surface area contributed by atoms with Crippen LogP contribution >= 0.6 is 11.8 Å². The summed E-state index contributed by atoms with van der Waals surface area (Å²) in [5.74, 6) is 2.32. The fourth-order valence-corrected chi connectivity index (χ4v) is 1.49. The van der Waals surface area contributed by atoms with Crippen molar-refractivity contribution in [3.8, 4) is 0 Å². The molecule has 7 heavy (non-hydrogen) atoms. The summed E-state index contributed by atoms with van der Waals surface area (Å²) < 4.78 is 0. The molecule has 0 aromatic carbocycles. The Hall–Kier alpha value is 0.350. The maximum absolute atomic E-state index is 3.72. The monoisotopic (exact) mass is 115 g/mol. The van der Waals surface area contributed by atoms with Gasteiger partial charge in [-0.15, -0.1) is 0 Å². The molecule has 1 heteroatoms. The van der Waals surface area contributed by atoms with Gasteiger partial charge in [0.25, 0.3) is 0 Å². The van der Waals surface area contributed by atoms with Crippen LogP contribution in [0.5, 0.6) is 0 Å². The van der Waals surface area contributed by atoms with E-state index >= 15 is 0 Å². The summed E-state index contributed by atoms with van der Waals surface area (Å²) in [5, 5.41) is 0. The Morgan fingerprint density at radius 3 is 2.43 bits per heavy atom. The topological polar surface area (TPSA) is 0 Å². The van der Waals surface area contributed by atoms with Gasteiger partial charge in [-0.3, -0.25) is 0 Å². The molecular formula is C6H11S. The normalized spacial score (nSPS) is 21.9. The lowest BCUT2D eigenvalue weighted by atomic mass is 9.87. The molecule has 1 radical (unpaired) electrons. The molecule has 1 saturated carbocycles. The molecule has 0 heterocycles. The zero-order valence-electron chi connectivity index (χ0n) is 4.52. The highest BCUT2D eigenvalue weighted by molar-refractivity contribution is 8.00. The second-order valence-electron chi connectivity index (χ2n) is 2.17. The zero-order valence-corrected chi connectivity index (χ0v) is 5.34. The molecule has 0 spiro atoms. The Labute approximate surface area is 49.7 Å². The van der Waals surface area contributed by atoms with E-state index in [1.807, 2.05) is 0 Å². The molecule has 0 bridgehead atoms. The van der Waals surface area contributed by atoms with Gasteiger partial charge < -0.3 is 0 Å². The highest BCUT2D eigenvalue weighted by Crippen LogP contribution is 2.28. The first-order valence-electron chi connectivity index (χ1n) is 2.80. The molecule has 1 aliphatic rings. The van der Waals surface area contributed by atoms with Crippen LogP contribution in [0.3, 0.4) is 0 Å². The standard InChI is InChI=1S/C6H11S/c1-7-5-6-3-2-4-6/h6H,1-5H2. The molecule has 0 aromatic heterocycles. The van der Waals surface area contributed by atoms with Gasteiger partial charge in [0.1, 0.15) is 0 Å². The molecule has 1 fully saturated rings. The minimum atomic E-state index is 1.03. The van der Waals surface area contributed by atoms with E-state index in [0.29, 0.717) is 0 Å². The fraction of sp³-hybridized carbons (Fsp3) is 0.833. The maximum Gasteiger partial charge on any atom is 0.00236 e. The smallest absolute Gasteiger partial charge is 0.00236 e. The van der Waals surface area contributed by atoms with Crippen molar-refractivity contribution in [2.75, 3.05) is 5.75 Å². The van der Waals surface area contributed by atoms with E-state index < -0.39 is 0 Å². The third kappa shape index (κ3) is 1.37. The SMILES string of the molecule is [CH2]SCC1CCC1. The van der Waals surface area contributed by atoms with Crippen LogP contribution in [-0.2, 0) is 0 Å². The summed E-state index contributed by atoms with van der Waals surface area (Å²) in [6.07, 6.45) is 8.11. The molecule has 0 amide bonds. The quantitative estimate of drug-likeness (QED) is 0.532. The van der Waals surface area contributed by atoms with Gasteiger partial charge in [0, 0.05) is 6.26 Å². The van der Waals surface area contributed by atoms with Crippen molar-refractivity contribution >= 4 is 11.8 Å². The van der Waals surface area contributed by atoms with E-state index in [2.05, 4.69) is 6.26 Å². The van der Waals surface area contributed by atoms with E-state index in [1.165, 1.54) is 25.0 Å². The van der Waals surface area contributed by atoms with Crippen molar-refractivity contribution < 1.29 is 0 Å². The summed E-state index contributed by atoms with van der Waals surface area (Å²) >= 11 is 1.74. The van der Waals surface area contributed by atoms with Crippen LogP contribution in [0.25, 0.3) is 0 Å². The first-order valence-corrected chi connectivity index (χ1v) is 3.96. The third-order valence-electron chi connectivity index (χ3n) is 1.58. The van der Waals surface area contributed by atoms with Crippen LogP contribution in [0.2, 0.25) is 0 Å². The summed E-state index contributed by atoms with van der Waals surface area (Å²) in [6, 6.07) is 0. The largest absolute Gasteiger partial charge is 0.161 e. The predicted molar refractivity (Wildman–Crippen MR) is 35.2 cm³/mol. The average Bonchev–Trinajstić information content (AvgIpc) is 1.55. The molecular weight excluding hydrogens is 104 g/mol. The van der Waals surface area contributed by atoms with E-state index in [4.69, 9.17) is 0 Å². The molecule has 0 aliphatic heterocycles. The first-order chi connectivity index (χ1) is 3.43. The summed E-state index contributed by atoms with van der Waals surface area (Å²) in [6.45, 7) is 0. The van der Waals surface area contributed by atoms with E-state index in [1.54, 1.807) is 11.8 Å². The Kier molecular flexibility index (Phi) is 2.04. The highest BCUT2D eigenvalue weighted by Gasteiger charge is 2.15. The Bertz CT molecular complexity index is 48.1. The summed E-state index contributed by atoms with van der Waals surface area (Å²) in [4.78, 5) is 0. The molecule has 0 nitrogen and oxygen atoms in total. The number of rotatable bonds is 2. The maximum atomic E-state index is 3.72. The van der Waals surface area contributed by atoms with Gasteiger partial charge in [0.15, 0.2) is 0 Å². The van der Waals surface area contributed by atoms with Gasteiger partial charge in [-0.25, -0.2) is 0 Å². The van der Waals surface area contributed by atoms with Gasteiger partial charge in [-0.05, 0) is 24.5 Å². The lowest BCUT2D eigenvalue weighted by Crippen LogP contribution is -2.12. The van der Waals surface area contributed by atoms with E-state index in [-0.39, 0.29) is 0 Å². The third-order valence-corrected chi connectivity index (χ3v) is 2.29. The van der Waals surface area contributed by atoms with Crippen LogP contribution in [0, 0.1) is 12.2 Å². The van der Waals surface area contributed by atoms with Gasteiger partial charge in [0.2, 0.25) is 0 Å². The highest BCUT2D eigenvalue weighted by atomic mass is 32.2. The minimum Gasteiger partial charge on any atom is -0.161 e. The van der Waals surface area contributed by atoms with Crippen LogP contribution < -0.4 is 0 Å². The van der Waals surface area contributed by atoms with Crippen LogP contribution in [-0.4, -0.2) is 5.75 Å². The van der Waals surface area contributed by atoms with Crippen molar-refractivity contribution in [1.29, 1.82) is 0 Å². The molecule has 0 atom stereocenters. The average molecular weight is 115 g/mol. The zero-order chi connectivity index (χ0) is 5.11. The molecule has 41 valence electrons. The molecule has 1 aliphatic carbocycles. The van der Waals surface area contributed by atoms with Gasteiger partial charge in [0.05, 0.1) is 0 Å².